The average molecular weight is 329 g/mol. The second kappa shape index (κ2) is 16.0. The molecule has 21 heavy (non-hydrogen) atoms. The summed E-state index contributed by atoms with van der Waals surface area (Å²) in [6, 6.07) is 6.79. The van der Waals surface area contributed by atoms with Crippen molar-refractivity contribution in [2.75, 3.05) is 26.4 Å². The van der Waals surface area contributed by atoms with Crippen LogP contribution in [0.15, 0.2) is 29.3 Å². The number of hydrogen-bond acceptors (Lipinski definition) is 6. The number of aliphatic imine (C=N–C) groups is 1. The Morgan fingerprint density at radius 2 is 1.95 bits per heavy atom. The molecule has 1 aromatic carbocycles. The topological polar surface area (TPSA) is 91.5 Å². The van der Waals surface area contributed by atoms with Crippen molar-refractivity contribution >= 4 is 47.6 Å². The van der Waals surface area contributed by atoms with Crippen LogP contribution in [0.1, 0.15) is 0 Å². The number of ether oxygens (including phenoxy) is 2. The van der Waals surface area contributed by atoms with Gasteiger partial charge in [-0.1, -0.05) is 11.6 Å². The first kappa shape index (κ1) is 22.9. The van der Waals surface area contributed by atoms with Gasteiger partial charge in [0, 0.05) is 5.02 Å². The van der Waals surface area contributed by atoms with Crippen LogP contribution >= 0.6 is 11.6 Å². The van der Waals surface area contributed by atoms with Crippen molar-refractivity contribution in [1.82, 2.24) is 0 Å². The zero-order valence-corrected chi connectivity index (χ0v) is 11.7. The first-order valence-corrected chi connectivity index (χ1v) is 6.19. The molecule has 0 fully saturated rings. The van der Waals surface area contributed by atoms with E-state index in [0.717, 1.165) is 13.2 Å². The number of aliphatic hydroxyl groups excluding tert-OH is 3. The van der Waals surface area contributed by atoms with Crippen molar-refractivity contribution < 1.29 is 24.8 Å². The van der Waals surface area contributed by atoms with E-state index < -0.39 is 6.10 Å². The van der Waals surface area contributed by atoms with Gasteiger partial charge in [0.05, 0.1) is 20.3 Å². The Balaban J connectivity index is 0. The van der Waals surface area contributed by atoms with Crippen LogP contribution in [-0.2, 0) is 4.74 Å². The van der Waals surface area contributed by atoms with E-state index in [2.05, 4.69) is 16.8 Å². The molecule has 1 aliphatic rings. The molecule has 0 aromatic heterocycles. The Morgan fingerprint density at radius 3 is 2.33 bits per heavy atom. The normalized spacial score (nSPS) is 12.6. The molecule has 0 bridgehead atoms. The van der Waals surface area contributed by atoms with E-state index in [4.69, 9.17) is 31.7 Å². The summed E-state index contributed by atoms with van der Waals surface area (Å²) in [5.74, 6) is 0.622. The maximum atomic E-state index is 8.97. The van der Waals surface area contributed by atoms with Crippen molar-refractivity contribution in [3.05, 3.63) is 36.4 Å². The summed E-state index contributed by atoms with van der Waals surface area (Å²) in [7, 11) is 2.25. The first-order valence-electron chi connectivity index (χ1n) is 5.81. The van der Waals surface area contributed by atoms with Crippen LogP contribution in [0, 0.1) is 7.11 Å². The van der Waals surface area contributed by atoms with Gasteiger partial charge in [0.2, 0.25) is 0 Å². The minimum absolute atomic E-state index is 0. The summed E-state index contributed by atoms with van der Waals surface area (Å²) in [5.41, 5.74) is 0. The quantitative estimate of drug-likeness (QED) is 0.705. The van der Waals surface area contributed by atoms with E-state index in [0.29, 0.717) is 10.8 Å². The van der Waals surface area contributed by atoms with Crippen LogP contribution in [0.2, 0.25) is 5.02 Å². The van der Waals surface area contributed by atoms with E-state index in [1.807, 2.05) is 0 Å². The van der Waals surface area contributed by atoms with Crippen molar-refractivity contribution in [3.63, 3.8) is 0 Å². The molecule has 1 atom stereocenters. The Hall–Kier alpha value is -0.340. The molecule has 1 aliphatic heterocycles. The van der Waals surface area contributed by atoms with E-state index in [9.17, 15) is 0 Å². The van der Waals surface area contributed by atoms with Crippen molar-refractivity contribution in [3.8, 4) is 5.75 Å². The maximum absolute atomic E-state index is 8.97. The van der Waals surface area contributed by atoms with Gasteiger partial charge in [-0.05, 0) is 24.3 Å². The molecular weight excluding hydrogens is 309 g/mol. The van der Waals surface area contributed by atoms with Crippen LogP contribution < -0.4 is 4.74 Å². The van der Waals surface area contributed by atoms with Gasteiger partial charge in [0.25, 0.3) is 0 Å². The third-order valence-corrected chi connectivity index (χ3v) is 2.21. The Kier molecular flexibility index (Phi) is 17.5. The molecular formula is C13H20ClNNaO5. The molecule has 1 aromatic rings. The second-order valence-electron chi connectivity index (χ2n) is 3.48. The van der Waals surface area contributed by atoms with Crippen LogP contribution in [0.3, 0.4) is 0 Å². The summed E-state index contributed by atoms with van der Waals surface area (Å²) < 4.78 is 9.80. The van der Waals surface area contributed by atoms with Gasteiger partial charge in [0.15, 0.2) is 6.40 Å². The number of benzene rings is 1. The molecule has 8 heteroatoms. The molecule has 0 saturated heterocycles. The molecule has 2 rings (SSSR count). The standard InChI is InChI=1S/C9H11ClO3.C3H5NO.CH3O.Na.H/c10-7-1-3-9(4-2-7)13-6-8(12)5-11;1-2-5-3-4-1;1-2;;/h1-4,8,11-12H,5-6H2;3H,1-2H2;2H,1H2;;. The van der Waals surface area contributed by atoms with Crippen LogP contribution in [-0.4, -0.2) is 83.7 Å². The van der Waals surface area contributed by atoms with Gasteiger partial charge in [-0.2, -0.15) is 0 Å². The number of halogens is 1. The fraction of sp³-hybridized carbons (Fsp3) is 0.385. The van der Waals surface area contributed by atoms with Crippen molar-refractivity contribution in [2.45, 2.75) is 6.10 Å². The molecule has 0 saturated carbocycles. The average Bonchev–Trinajstić information content (AvgIpc) is 3.08. The van der Waals surface area contributed by atoms with Gasteiger partial charge in [-0.25, -0.2) is 0 Å². The molecule has 3 N–H and O–H groups in total. The monoisotopic (exact) mass is 328 g/mol. The van der Waals surface area contributed by atoms with E-state index in [1.54, 1.807) is 24.3 Å². The molecule has 1 unspecified atom stereocenters. The fourth-order valence-corrected chi connectivity index (χ4v) is 1.17. The van der Waals surface area contributed by atoms with Crippen LogP contribution in [0.25, 0.3) is 0 Å². The predicted molar refractivity (Wildman–Crippen MR) is 83.8 cm³/mol. The van der Waals surface area contributed by atoms with Gasteiger partial charge in [-0.3, -0.25) is 4.99 Å². The van der Waals surface area contributed by atoms with Crippen LogP contribution in [0.4, 0.5) is 0 Å². The Bertz CT molecular complexity index is 358. The van der Waals surface area contributed by atoms with Crippen molar-refractivity contribution in [2.24, 2.45) is 4.99 Å². The summed E-state index contributed by atoms with van der Waals surface area (Å²) >= 11 is 5.66. The third-order valence-electron chi connectivity index (χ3n) is 1.95. The second-order valence-corrected chi connectivity index (χ2v) is 3.92. The summed E-state index contributed by atoms with van der Waals surface area (Å²) in [4.78, 5) is 3.74. The Morgan fingerprint density at radius 1 is 1.33 bits per heavy atom. The zero-order chi connectivity index (χ0) is 15.2. The molecule has 115 valence electrons. The fourth-order valence-electron chi connectivity index (χ4n) is 1.04. The van der Waals surface area contributed by atoms with E-state index >= 15 is 0 Å². The molecule has 1 radical (unpaired) electrons. The van der Waals surface area contributed by atoms with Crippen LogP contribution in [0.5, 0.6) is 5.75 Å². The summed E-state index contributed by atoms with van der Waals surface area (Å²) in [6.45, 7) is 1.41. The van der Waals surface area contributed by atoms with Gasteiger partial charge < -0.3 is 24.8 Å². The summed E-state index contributed by atoms with van der Waals surface area (Å²) in [5, 5.41) is 24.9. The molecule has 1 heterocycles. The first-order chi connectivity index (χ1) is 9.72. The number of nitrogens with zero attached hydrogens (tertiary/aromatic N) is 1. The van der Waals surface area contributed by atoms with Gasteiger partial charge >= 0.3 is 29.6 Å². The minimum atomic E-state index is -0.837. The number of rotatable bonds is 4. The molecule has 0 aliphatic carbocycles. The molecule has 6 nitrogen and oxygen atoms in total. The van der Waals surface area contributed by atoms with E-state index in [-0.39, 0.29) is 42.8 Å². The SMILES string of the molecule is C1=NCCO1.OCC(O)COc1ccc(Cl)cc1.[CH2]O.[NaH]. The van der Waals surface area contributed by atoms with Gasteiger partial charge in [-0.15, -0.1) is 0 Å². The van der Waals surface area contributed by atoms with Gasteiger partial charge in [0.1, 0.15) is 25.1 Å². The number of aliphatic hydroxyl groups is 3. The third kappa shape index (κ3) is 13.1. The molecule has 0 spiro atoms. The number of hydrogen-bond donors (Lipinski definition) is 3. The summed E-state index contributed by atoms with van der Waals surface area (Å²) in [6.07, 6.45) is 0.649. The van der Waals surface area contributed by atoms with E-state index in [1.165, 1.54) is 6.40 Å². The Labute approximate surface area is 151 Å². The van der Waals surface area contributed by atoms with Crippen molar-refractivity contribution in [1.29, 1.82) is 0 Å². The zero-order valence-electron chi connectivity index (χ0n) is 11.0. The predicted octanol–water partition coefficient (Wildman–Crippen LogP) is 0.619. The molecule has 0 amide bonds.